The Hall–Kier alpha value is -0.610. The van der Waals surface area contributed by atoms with Crippen LogP contribution in [0.2, 0.25) is 0 Å². The fourth-order valence-electron chi connectivity index (χ4n) is 3.00. The summed E-state index contributed by atoms with van der Waals surface area (Å²) in [5.41, 5.74) is 5.70. The molecule has 2 fully saturated rings. The molecule has 0 radical (unpaired) electrons. The molecule has 92 valence electrons. The van der Waals surface area contributed by atoms with Crippen molar-refractivity contribution in [3.8, 4) is 0 Å². The van der Waals surface area contributed by atoms with E-state index in [9.17, 15) is 4.79 Å². The molecule has 2 heterocycles. The number of nitrogens with two attached hydrogens (primary N) is 1. The molecule has 2 aliphatic heterocycles. The number of hydrogen-bond donors (Lipinski definition) is 1. The van der Waals surface area contributed by atoms with Crippen LogP contribution >= 0.6 is 0 Å². The van der Waals surface area contributed by atoms with Crippen molar-refractivity contribution in [2.24, 2.45) is 11.7 Å². The molecule has 4 heteroatoms. The van der Waals surface area contributed by atoms with Gasteiger partial charge in [-0.25, -0.2) is 0 Å². The van der Waals surface area contributed by atoms with E-state index >= 15 is 0 Å². The van der Waals surface area contributed by atoms with Crippen LogP contribution in [-0.2, 0) is 4.79 Å². The van der Waals surface area contributed by atoms with Crippen molar-refractivity contribution in [2.45, 2.75) is 38.3 Å². The van der Waals surface area contributed by atoms with E-state index < -0.39 is 0 Å². The summed E-state index contributed by atoms with van der Waals surface area (Å²) in [6, 6.07) is 0.429. The summed E-state index contributed by atoms with van der Waals surface area (Å²) in [6.07, 6.45) is 2.92. The van der Waals surface area contributed by atoms with Crippen LogP contribution in [0.15, 0.2) is 0 Å². The quantitative estimate of drug-likeness (QED) is 0.734. The third kappa shape index (κ3) is 2.38. The molecule has 2 N–H and O–H groups in total. The highest BCUT2D eigenvalue weighted by Crippen LogP contribution is 2.31. The Balaban J connectivity index is 1.98. The Labute approximate surface area is 97.8 Å². The maximum Gasteiger partial charge on any atom is 0.224 e. The SMILES string of the molecule is CC(N)CC(=O)N1CCC2CCN(C)CC21. The van der Waals surface area contributed by atoms with Crippen LogP contribution in [0.1, 0.15) is 26.2 Å². The van der Waals surface area contributed by atoms with Crippen LogP contribution in [0.5, 0.6) is 0 Å². The maximum atomic E-state index is 12.0. The molecule has 4 nitrogen and oxygen atoms in total. The summed E-state index contributed by atoms with van der Waals surface area (Å²) in [4.78, 5) is 16.4. The summed E-state index contributed by atoms with van der Waals surface area (Å²) in [7, 11) is 2.14. The number of likely N-dealkylation sites (tertiary alicyclic amines) is 2. The summed E-state index contributed by atoms with van der Waals surface area (Å²) in [5.74, 6) is 0.978. The first kappa shape index (κ1) is 11.9. The Kier molecular flexibility index (Phi) is 3.50. The van der Waals surface area contributed by atoms with Gasteiger partial charge in [-0.15, -0.1) is 0 Å². The molecule has 0 saturated carbocycles. The minimum absolute atomic E-state index is 0.0205. The second-order valence-corrected chi connectivity index (χ2v) is 5.44. The van der Waals surface area contributed by atoms with Crippen molar-refractivity contribution in [1.82, 2.24) is 9.80 Å². The van der Waals surface area contributed by atoms with Gasteiger partial charge in [0.1, 0.15) is 0 Å². The van der Waals surface area contributed by atoms with E-state index in [0.29, 0.717) is 12.5 Å². The van der Waals surface area contributed by atoms with E-state index in [2.05, 4.69) is 16.8 Å². The first-order valence-electron chi connectivity index (χ1n) is 6.31. The van der Waals surface area contributed by atoms with Crippen LogP contribution in [-0.4, -0.2) is 54.5 Å². The normalized spacial score (nSPS) is 32.6. The molecule has 2 aliphatic rings. The first-order valence-corrected chi connectivity index (χ1v) is 6.31. The lowest BCUT2D eigenvalue weighted by atomic mass is 9.92. The monoisotopic (exact) mass is 225 g/mol. The highest BCUT2D eigenvalue weighted by atomic mass is 16.2. The molecule has 0 bridgehead atoms. The van der Waals surface area contributed by atoms with Gasteiger partial charge in [0.2, 0.25) is 5.91 Å². The number of carbonyl (C=O) groups is 1. The third-order valence-electron chi connectivity index (χ3n) is 3.88. The minimum atomic E-state index is -0.0205. The summed E-state index contributed by atoms with van der Waals surface area (Å²) in [6.45, 7) is 5.05. The van der Waals surface area contributed by atoms with Gasteiger partial charge >= 0.3 is 0 Å². The summed E-state index contributed by atoms with van der Waals surface area (Å²) >= 11 is 0. The fourth-order valence-corrected chi connectivity index (χ4v) is 3.00. The molecule has 0 aliphatic carbocycles. The number of piperidine rings is 1. The number of fused-ring (bicyclic) bond motifs is 1. The lowest BCUT2D eigenvalue weighted by molar-refractivity contribution is -0.133. The van der Waals surface area contributed by atoms with Crippen LogP contribution in [0.25, 0.3) is 0 Å². The number of hydrogen-bond acceptors (Lipinski definition) is 3. The van der Waals surface area contributed by atoms with Crippen molar-refractivity contribution in [3.05, 3.63) is 0 Å². The molecule has 0 aromatic carbocycles. The van der Waals surface area contributed by atoms with E-state index in [-0.39, 0.29) is 11.9 Å². The fraction of sp³-hybridized carbons (Fsp3) is 0.917. The number of rotatable bonds is 2. The molecule has 1 amide bonds. The molecule has 3 unspecified atom stereocenters. The highest BCUT2D eigenvalue weighted by molar-refractivity contribution is 5.77. The van der Waals surface area contributed by atoms with Gasteiger partial charge in [0, 0.05) is 31.6 Å². The van der Waals surface area contributed by atoms with Gasteiger partial charge < -0.3 is 15.5 Å². The van der Waals surface area contributed by atoms with Gasteiger partial charge in [-0.2, -0.15) is 0 Å². The number of carbonyl (C=O) groups excluding carboxylic acids is 1. The second-order valence-electron chi connectivity index (χ2n) is 5.44. The van der Waals surface area contributed by atoms with Crippen molar-refractivity contribution < 1.29 is 4.79 Å². The molecule has 0 spiro atoms. The predicted octanol–water partition coefficient (Wildman–Crippen LogP) is 0.276. The Morgan fingerprint density at radius 3 is 2.81 bits per heavy atom. The molecule has 0 aromatic heterocycles. The predicted molar refractivity (Wildman–Crippen MR) is 64.0 cm³/mol. The van der Waals surface area contributed by atoms with Gasteiger partial charge in [-0.05, 0) is 39.3 Å². The minimum Gasteiger partial charge on any atom is -0.338 e. The Bertz CT molecular complexity index is 267. The van der Waals surface area contributed by atoms with Gasteiger partial charge in [0.15, 0.2) is 0 Å². The number of amides is 1. The topological polar surface area (TPSA) is 49.6 Å². The average molecular weight is 225 g/mol. The molecule has 3 atom stereocenters. The van der Waals surface area contributed by atoms with Gasteiger partial charge in [-0.1, -0.05) is 0 Å². The lowest BCUT2D eigenvalue weighted by Crippen LogP contribution is -2.49. The van der Waals surface area contributed by atoms with Crippen molar-refractivity contribution in [1.29, 1.82) is 0 Å². The molecule has 2 rings (SSSR count). The van der Waals surface area contributed by atoms with Gasteiger partial charge in [0.05, 0.1) is 0 Å². The zero-order valence-corrected chi connectivity index (χ0v) is 10.4. The van der Waals surface area contributed by atoms with Crippen LogP contribution in [0.3, 0.4) is 0 Å². The van der Waals surface area contributed by atoms with E-state index in [1.807, 2.05) is 6.92 Å². The molecular weight excluding hydrogens is 202 g/mol. The largest absolute Gasteiger partial charge is 0.338 e. The van der Waals surface area contributed by atoms with Crippen molar-refractivity contribution in [2.75, 3.05) is 26.7 Å². The molecule has 2 saturated heterocycles. The second kappa shape index (κ2) is 4.72. The maximum absolute atomic E-state index is 12.0. The van der Waals surface area contributed by atoms with E-state index in [4.69, 9.17) is 5.73 Å². The Morgan fingerprint density at radius 1 is 1.44 bits per heavy atom. The standard InChI is InChI=1S/C12H23N3O/c1-9(13)7-12(16)15-6-4-10-3-5-14(2)8-11(10)15/h9-11H,3-8,13H2,1-2H3. The van der Waals surface area contributed by atoms with Crippen LogP contribution in [0.4, 0.5) is 0 Å². The summed E-state index contributed by atoms with van der Waals surface area (Å²) < 4.78 is 0. The highest BCUT2D eigenvalue weighted by Gasteiger charge is 2.39. The average Bonchev–Trinajstić information content (AvgIpc) is 2.59. The van der Waals surface area contributed by atoms with Crippen molar-refractivity contribution >= 4 is 5.91 Å². The van der Waals surface area contributed by atoms with Crippen LogP contribution in [0, 0.1) is 5.92 Å². The molecule has 16 heavy (non-hydrogen) atoms. The Morgan fingerprint density at radius 2 is 2.12 bits per heavy atom. The molecule has 0 aromatic rings. The zero-order chi connectivity index (χ0) is 11.7. The zero-order valence-electron chi connectivity index (χ0n) is 10.4. The molecular formula is C12H23N3O. The number of likely N-dealkylation sites (N-methyl/N-ethyl adjacent to an activating group) is 1. The third-order valence-corrected chi connectivity index (χ3v) is 3.88. The van der Waals surface area contributed by atoms with Gasteiger partial charge in [0.25, 0.3) is 0 Å². The smallest absolute Gasteiger partial charge is 0.224 e. The number of nitrogens with zero attached hydrogens (tertiary/aromatic N) is 2. The van der Waals surface area contributed by atoms with E-state index in [1.165, 1.54) is 19.4 Å². The summed E-state index contributed by atoms with van der Waals surface area (Å²) in [5, 5.41) is 0. The van der Waals surface area contributed by atoms with E-state index in [0.717, 1.165) is 19.0 Å². The van der Waals surface area contributed by atoms with Crippen molar-refractivity contribution in [3.63, 3.8) is 0 Å². The van der Waals surface area contributed by atoms with E-state index in [1.54, 1.807) is 0 Å². The van der Waals surface area contributed by atoms with Crippen LogP contribution < -0.4 is 5.73 Å². The first-order chi connectivity index (χ1) is 7.58. The van der Waals surface area contributed by atoms with Gasteiger partial charge in [-0.3, -0.25) is 4.79 Å². The lowest BCUT2D eigenvalue weighted by Gasteiger charge is -2.36.